The Labute approximate surface area is 60.6 Å². The molecule has 0 N–H and O–H groups in total. The highest BCUT2D eigenvalue weighted by atomic mass is 35.5. The van der Waals surface area contributed by atoms with Crippen molar-refractivity contribution in [2.75, 3.05) is 0 Å². The Morgan fingerprint density at radius 1 is 1.70 bits per heavy atom. The molecule has 0 aliphatic carbocycles. The minimum atomic E-state index is -2.42. The number of aromatic nitrogens is 3. The largest absolute Gasteiger partial charge is 0.299 e. The van der Waals surface area contributed by atoms with Crippen LogP contribution in [0.25, 0.3) is 0 Å². The highest BCUT2D eigenvalue weighted by Crippen LogP contribution is 2.05. The van der Waals surface area contributed by atoms with E-state index in [9.17, 15) is 8.78 Å². The smallest absolute Gasteiger partial charge is 0.256 e. The van der Waals surface area contributed by atoms with Gasteiger partial charge in [-0.15, -0.1) is 10.2 Å². The van der Waals surface area contributed by atoms with Crippen LogP contribution < -0.4 is 0 Å². The first-order chi connectivity index (χ1) is 4.70. The van der Waals surface area contributed by atoms with E-state index in [0.717, 1.165) is 10.9 Å². The molecule has 0 saturated heterocycles. The quantitative estimate of drug-likeness (QED) is 0.663. The summed E-state index contributed by atoms with van der Waals surface area (Å²) in [6.45, 7) is -0.453. The molecule has 0 unspecified atom stereocenters. The van der Waals surface area contributed by atoms with Gasteiger partial charge in [-0.2, -0.15) is 0 Å². The lowest BCUT2D eigenvalue weighted by molar-refractivity contribution is 0.126. The van der Waals surface area contributed by atoms with Gasteiger partial charge in [-0.3, -0.25) is 4.57 Å². The average molecular weight is 168 g/mol. The van der Waals surface area contributed by atoms with E-state index in [1.54, 1.807) is 0 Å². The van der Waals surface area contributed by atoms with E-state index < -0.39 is 13.0 Å². The van der Waals surface area contributed by atoms with Crippen LogP contribution in [0, 0.1) is 0 Å². The molecule has 0 bridgehead atoms. The molecule has 0 fully saturated rings. The van der Waals surface area contributed by atoms with Crippen molar-refractivity contribution in [1.82, 2.24) is 14.8 Å². The second-order valence-corrected chi connectivity index (χ2v) is 1.98. The fourth-order valence-corrected chi connectivity index (χ4v) is 0.668. The third-order valence-corrected chi connectivity index (χ3v) is 1.20. The Morgan fingerprint density at radius 3 is 2.80 bits per heavy atom. The Hall–Kier alpha value is -0.710. The second-order valence-electron chi connectivity index (χ2n) is 1.64. The van der Waals surface area contributed by atoms with Crippen molar-refractivity contribution in [1.29, 1.82) is 0 Å². The first-order valence-corrected chi connectivity index (χ1v) is 2.89. The molecule has 3 nitrogen and oxygen atoms in total. The van der Waals surface area contributed by atoms with Crippen molar-refractivity contribution in [2.45, 2.75) is 13.0 Å². The Bertz CT molecular complexity index is 212. The van der Waals surface area contributed by atoms with E-state index in [2.05, 4.69) is 10.2 Å². The molecule has 0 spiro atoms. The predicted molar refractivity (Wildman–Crippen MR) is 31.0 cm³/mol. The third kappa shape index (κ3) is 1.63. The van der Waals surface area contributed by atoms with Gasteiger partial charge in [-0.1, -0.05) is 0 Å². The predicted octanol–water partition coefficient (Wildman–Crippen LogP) is 1.20. The normalized spacial score (nSPS) is 10.8. The molecule has 1 rings (SSSR count). The van der Waals surface area contributed by atoms with Crippen LogP contribution in [-0.4, -0.2) is 21.2 Å². The molecular formula is C4H4ClF2N3. The molecule has 6 heteroatoms. The maximum Gasteiger partial charge on any atom is 0.256 e. The van der Waals surface area contributed by atoms with Crippen LogP contribution in [0.3, 0.4) is 0 Å². The molecule has 0 saturated carbocycles. The van der Waals surface area contributed by atoms with E-state index in [-0.39, 0.29) is 5.28 Å². The van der Waals surface area contributed by atoms with Gasteiger partial charge >= 0.3 is 0 Å². The van der Waals surface area contributed by atoms with Gasteiger partial charge in [0.15, 0.2) is 0 Å². The summed E-state index contributed by atoms with van der Waals surface area (Å²) >= 11 is 5.34. The zero-order valence-corrected chi connectivity index (χ0v) is 5.59. The van der Waals surface area contributed by atoms with Crippen LogP contribution in [0.15, 0.2) is 6.33 Å². The highest BCUT2D eigenvalue weighted by molar-refractivity contribution is 6.28. The molecule has 10 heavy (non-hydrogen) atoms. The maximum absolute atomic E-state index is 11.6. The van der Waals surface area contributed by atoms with Crippen LogP contribution in [0.4, 0.5) is 8.78 Å². The van der Waals surface area contributed by atoms with E-state index >= 15 is 0 Å². The number of nitrogens with zero attached hydrogens (tertiary/aromatic N) is 3. The molecule has 0 atom stereocenters. The molecule has 0 aromatic carbocycles. The lowest BCUT2D eigenvalue weighted by Crippen LogP contribution is -2.05. The van der Waals surface area contributed by atoms with Gasteiger partial charge in [-0.05, 0) is 11.6 Å². The zero-order valence-electron chi connectivity index (χ0n) is 4.84. The Kier molecular flexibility index (Phi) is 2.16. The summed E-state index contributed by atoms with van der Waals surface area (Å²) in [4.78, 5) is 0. The lowest BCUT2D eigenvalue weighted by Gasteiger charge is -1.98. The average Bonchev–Trinajstić information content (AvgIpc) is 2.15. The molecule has 0 amide bonds. The van der Waals surface area contributed by atoms with Crippen molar-refractivity contribution in [3.05, 3.63) is 11.6 Å². The van der Waals surface area contributed by atoms with Crippen LogP contribution in [0.2, 0.25) is 5.28 Å². The van der Waals surface area contributed by atoms with Gasteiger partial charge < -0.3 is 0 Å². The van der Waals surface area contributed by atoms with Crippen molar-refractivity contribution in [3.63, 3.8) is 0 Å². The molecule has 1 heterocycles. The summed E-state index contributed by atoms with van der Waals surface area (Å²) in [5.41, 5.74) is 0. The highest BCUT2D eigenvalue weighted by Gasteiger charge is 2.06. The molecule has 56 valence electrons. The van der Waals surface area contributed by atoms with Gasteiger partial charge in [-0.25, -0.2) is 8.78 Å². The fourth-order valence-electron chi connectivity index (χ4n) is 0.512. The van der Waals surface area contributed by atoms with E-state index in [4.69, 9.17) is 11.6 Å². The first kappa shape index (κ1) is 7.40. The number of rotatable bonds is 2. The summed E-state index contributed by atoms with van der Waals surface area (Å²) in [6, 6.07) is 0. The minimum Gasteiger partial charge on any atom is -0.299 e. The fraction of sp³-hybridized carbons (Fsp3) is 0.500. The zero-order chi connectivity index (χ0) is 7.56. The van der Waals surface area contributed by atoms with Crippen molar-refractivity contribution >= 4 is 11.6 Å². The van der Waals surface area contributed by atoms with Crippen molar-refractivity contribution in [2.24, 2.45) is 0 Å². The minimum absolute atomic E-state index is 0.0136. The molecule has 0 radical (unpaired) electrons. The van der Waals surface area contributed by atoms with Crippen LogP contribution in [0.5, 0.6) is 0 Å². The summed E-state index contributed by atoms with van der Waals surface area (Å²) in [5.74, 6) is 0. The standard InChI is InChI=1S/C4H4ClF2N3/c5-4-9-8-2-10(4)1-3(6)7/h2-3H,1H2. The number of hydrogen-bond donors (Lipinski definition) is 0. The van der Waals surface area contributed by atoms with Gasteiger partial charge in [0, 0.05) is 0 Å². The van der Waals surface area contributed by atoms with Gasteiger partial charge in [0.25, 0.3) is 6.43 Å². The first-order valence-electron chi connectivity index (χ1n) is 2.51. The van der Waals surface area contributed by atoms with E-state index in [1.807, 2.05) is 0 Å². The Balaban J connectivity index is 2.65. The lowest BCUT2D eigenvalue weighted by atomic mass is 10.7. The monoisotopic (exact) mass is 167 g/mol. The van der Waals surface area contributed by atoms with E-state index in [0.29, 0.717) is 0 Å². The SMILES string of the molecule is FC(F)Cn1cnnc1Cl. The number of alkyl halides is 2. The molecule has 0 aliphatic heterocycles. The van der Waals surface area contributed by atoms with Gasteiger partial charge in [0.1, 0.15) is 6.33 Å². The van der Waals surface area contributed by atoms with Crippen LogP contribution in [-0.2, 0) is 6.54 Å². The van der Waals surface area contributed by atoms with E-state index in [1.165, 1.54) is 0 Å². The summed E-state index contributed by atoms with van der Waals surface area (Å²) in [6.07, 6.45) is -1.26. The molecular weight excluding hydrogens is 164 g/mol. The summed E-state index contributed by atoms with van der Waals surface area (Å²) in [5, 5.41) is 6.62. The van der Waals surface area contributed by atoms with Gasteiger partial charge in [0.05, 0.1) is 6.54 Å². The number of halogens is 3. The van der Waals surface area contributed by atoms with Crippen LogP contribution in [0.1, 0.15) is 0 Å². The van der Waals surface area contributed by atoms with Crippen molar-refractivity contribution in [3.8, 4) is 0 Å². The summed E-state index contributed by atoms with van der Waals surface area (Å²) < 4.78 is 24.4. The summed E-state index contributed by atoms with van der Waals surface area (Å²) in [7, 11) is 0. The maximum atomic E-state index is 11.6. The Morgan fingerprint density at radius 2 is 2.40 bits per heavy atom. The number of hydrogen-bond acceptors (Lipinski definition) is 2. The molecule has 0 aliphatic rings. The third-order valence-electron chi connectivity index (χ3n) is 0.903. The topological polar surface area (TPSA) is 30.7 Å². The second kappa shape index (κ2) is 2.92. The van der Waals surface area contributed by atoms with Crippen molar-refractivity contribution < 1.29 is 8.78 Å². The van der Waals surface area contributed by atoms with Crippen LogP contribution >= 0.6 is 11.6 Å². The van der Waals surface area contributed by atoms with Gasteiger partial charge in [0.2, 0.25) is 5.28 Å². The molecule has 1 aromatic rings. The molecule has 1 aromatic heterocycles.